The van der Waals surface area contributed by atoms with Crippen LogP contribution in [0.1, 0.15) is 32.1 Å². The van der Waals surface area contributed by atoms with Crippen LogP contribution in [-0.2, 0) is 10.1 Å². The molecule has 1 rings (SSSR count). The normalized spacial score (nSPS) is 22.9. The van der Waals surface area contributed by atoms with Crippen molar-refractivity contribution in [3.63, 3.8) is 0 Å². The molecule has 1 aliphatic rings. The number of hydrogen-bond acceptors (Lipinski definition) is 3. The average Bonchev–Trinajstić information content (AvgIpc) is 2.03. The molecule has 0 bridgehead atoms. The fourth-order valence-corrected chi connectivity index (χ4v) is 3.19. The molecule has 0 aliphatic heterocycles. The Hall–Kier alpha value is -0.130. The maximum Gasteiger partial charge on any atom is 0.265 e. The van der Waals surface area contributed by atoms with Crippen LogP contribution >= 0.6 is 0 Å². The fraction of sp³-hybridized carbons (Fsp3) is 1.00. The highest BCUT2D eigenvalue weighted by Gasteiger charge is 2.35. The van der Waals surface area contributed by atoms with Crippen molar-refractivity contribution >= 4 is 10.1 Å². The third kappa shape index (κ3) is 3.25. The maximum absolute atomic E-state index is 10.7. The molecule has 0 aromatic carbocycles. The van der Waals surface area contributed by atoms with E-state index < -0.39 is 15.5 Å². The Kier molecular flexibility index (Phi) is 3.32. The van der Waals surface area contributed by atoms with Gasteiger partial charge in [0.2, 0.25) is 0 Å². The molecule has 0 heterocycles. The Bertz CT molecular complexity index is 251. The average molecular weight is 208 g/mol. The Labute approximate surface area is 78.7 Å². The van der Waals surface area contributed by atoms with Gasteiger partial charge in [0, 0.05) is 12.0 Å². The molecule has 0 radical (unpaired) electrons. The molecule has 13 heavy (non-hydrogen) atoms. The monoisotopic (exact) mass is 208 g/mol. The molecule has 0 aromatic heterocycles. The van der Waals surface area contributed by atoms with Gasteiger partial charge in [-0.2, -0.15) is 8.42 Å². The smallest absolute Gasteiger partial charge is 0.265 e. The van der Waals surface area contributed by atoms with Crippen molar-refractivity contribution in [2.24, 2.45) is 5.41 Å². The summed E-state index contributed by atoms with van der Waals surface area (Å²) in [6.07, 6.45) is 4.37. The third-order valence-electron chi connectivity index (χ3n) is 2.74. The van der Waals surface area contributed by atoms with E-state index >= 15 is 0 Å². The molecule has 5 heteroatoms. The van der Waals surface area contributed by atoms with E-state index in [-0.39, 0.29) is 12.4 Å². The summed E-state index contributed by atoms with van der Waals surface area (Å²) >= 11 is 0. The van der Waals surface area contributed by atoms with Crippen LogP contribution in [0, 0.1) is 5.41 Å². The van der Waals surface area contributed by atoms with Gasteiger partial charge in [0.1, 0.15) is 0 Å². The predicted octanol–water partition coefficient (Wildman–Crippen LogP) is 0.817. The Morgan fingerprint density at radius 3 is 2.08 bits per heavy atom. The maximum atomic E-state index is 10.7. The van der Waals surface area contributed by atoms with Crippen molar-refractivity contribution < 1.29 is 18.1 Å². The molecule has 1 aliphatic carbocycles. The summed E-state index contributed by atoms with van der Waals surface area (Å²) in [5.74, 6) is -0.295. The van der Waals surface area contributed by atoms with E-state index in [0.717, 1.165) is 19.3 Å². The van der Waals surface area contributed by atoms with Gasteiger partial charge in [-0.15, -0.1) is 0 Å². The Balaban J connectivity index is 2.68. The highest BCUT2D eigenvalue weighted by atomic mass is 32.2. The minimum absolute atomic E-state index is 0.146. The topological polar surface area (TPSA) is 74.6 Å². The highest BCUT2D eigenvalue weighted by Crippen LogP contribution is 2.36. The standard InChI is InChI=1S/C8H16O4S/c9-6-8(7-13(10,11)12)4-2-1-3-5-8/h9H,1-7H2,(H,10,11,12). The van der Waals surface area contributed by atoms with Gasteiger partial charge in [-0.1, -0.05) is 19.3 Å². The second-order valence-corrected chi connectivity index (χ2v) is 5.40. The van der Waals surface area contributed by atoms with E-state index in [1.807, 2.05) is 0 Å². The number of hydrogen-bond donors (Lipinski definition) is 2. The molecular weight excluding hydrogens is 192 g/mol. The summed E-state index contributed by atoms with van der Waals surface area (Å²) in [5.41, 5.74) is -0.578. The van der Waals surface area contributed by atoms with Crippen LogP contribution in [0.4, 0.5) is 0 Å². The van der Waals surface area contributed by atoms with E-state index in [2.05, 4.69) is 0 Å². The van der Waals surface area contributed by atoms with Crippen LogP contribution in [0.3, 0.4) is 0 Å². The molecule has 0 atom stereocenters. The molecule has 0 saturated heterocycles. The third-order valence-corrected chi connectivity index (χ3v) is 3.72. The molecule has 78 valence electrons. The number of rotatable bonds is 3. The van der Waals surface area contributed by atoms with E-state index in [9.17, 15) is 8.42 Å². The Morgan fingerprint density at radius 1 is 1.15 bits per heavy atom. The molecule has 4 nitrogen and oxygen atoms in total. The quantitative estimate of drug-likeness (QED) is 0.673. The van der Waals surface area contributed by atoms with Crippen LogP contribution in [0.5, 0.6) is 0 Å². The van der Waals surface area contributed by atoms with Crippen molar-refractivity contribution in [2.75, 3.05) is 12.4 Å². The summed E-state index contributed by atoms with van der Waals surface area (Å²) < 4.78 is 30.1. The van der Waals surface area contributed by atoms with Crippen molar-refractivity contribution in [2.45, 2.75) is 32.1 Å². The van der Waals surface area contributed by atoms with Gasteiger partial charge in [0.05, 0.1) is 5.75 Å². The molecule has 2 N–H and O–H groups in total. The second kappa shape index (κ2) is 3.94. The van der Waals surface area contributed by atoms with Crippen LogP contribution in [0.15, 0.2) is 0 Å². The lowest BCUT2D eigenvalue weighted by molar-refractivity contribution is 0.101. The lowest BCUT2D eigenvalue weighted by atomic mass is 9.76. The molecule has 0 amide bonds. The molecular formula is C8H16O4S. The number of aliphatic hydroxyl groups excluding tert-OH is 1. The van der Waals surface area contributed by atoms with Gasteiger partial charge in [-0.25, -0.2) is 0 Å². The van der Waals surface area contributed by atoms with Crippen molar-refractivity contribution in [3.8, 4) is 0 Å². The van der Waals surface area contributed by atoms with E-state index in [0.29, 0.717) is 12.8 Å². The van der Waals surface area contributed by atoms with Gasteiger partial charge in [-0.05, 0) is 12.8 Å². The number of aliphatic hydroxyl groups is 1. The highest BCUT2D eigenvalue weighted by molar-refractivity contribution is 7.85. The minimum Gasteiger partial charge on any atom is -0.396 e. The summed E-state index contributed by atoms with van der Waals surface area (Å²) in [6.45, 7) is -0.146. The summed E-state index contributed by atoms with van der Waals surface area (Å²) in [4.78, 5) is 0. The van der Waals surface area contributed by atoms with Gasteiger partial charge in [0.25, 0.3) is 10.1 Å². The first-order chi connectivity index (χ1) is 5.97. The van der Waals surface area contributed by atoms with Crippen LogP contribution in [-0.4, -0.2) is 30.4 Å². The van der Waals surface area contributed by atoms with Crippen LogP contribution in [0.2, 0.25) is 0 Å². The van der Waals surface area contributed by atoms with E-state index in [1.165, 1.54) is 0 Å². The zero-order valence-electron chi connectivity index (χ0n) is 7.57. The van der Waals surface area contributed by atoms with Gasteiger partial charge in [0.15, 0.2) is 0 Å². The summed E-state index contributed by atoms with van der Waals surface area (Å²) in [6, 6.07) is 0. The van der Waals surface area contributed by atoms with E-state index in [1.54, 1.807) is 0 Å². The fourth-order valence-electron chi connectivity index (χ4n) is 2.04. The zero-order chi connectivity index (χ0) is 9.95. The van der Waals surface area contributed by atoms with Gasteiger partial charge in [-0.3, -0.25) is 4.55 Å². The molecule has 0 aromatic rings. The summed E-state index contributed by atoms with van der Waals surface area (Å²) in [7, 11) is -3.95. The summed E-state index contributed by atoms with van der Waals surface area (Å²) in [5, 5.41) is 9.13. The first kappa shape index (κ1) is 10.9. The molecule has 0 unspecified atom stereocenters. The van der Waals surface area contributed by atoms with Crippen LogP contribution in [0.25, 0.3) is 0 Å². The first-order valence-corrected chi connectivity index (χ1v) is 6.14. The van der Waals surface area contributed by atoms with Crippen molar-refractivity contribution in [1.82, 2.24) is 0 Å². The van der Waals surface area contributed by atoms with Crippen LogP contribution < -0.4 is 0 Å². The predicted molar refractivity (Wildman–Crippen MR) is 49.0 cm³/mol. The molecule has 0 spiro atoms. The lowest BCUT2D eigenvalue weighted by Gasteiger charge is -2.34. The minimum atomic E-state index is -3.95. The van der Waals surface area contributed by atoms with Crippen molar-refractivity contribution in [1.29, 1.82) is 0 Å². The molecule has 1 saturated carbocycles. The zero-order valence-corrected chi connectivity index (χ0v) is 8.39. The van der Waals surface area contributed by atoms with Gasteiger partial charge >= 0.3 is 0 Å². The SMILES string of the molecule is O=S(=O)(O)CC1(CO)CCCCC1. The lowest BCUT2D eigenvalue weighted by Crippen LogP contribution is -2.35. The second-order valence-electron chi connectivity index (χ2n) is 3.95. The molecule has 1 fully saturated rings. The van der Waals surface area contributed by atoms with Gasteiger partial charge < -0.3 is 5.11 Å². The first-order valence-electron chi connectivity index (χ1n) is 4.54. The van der Waals surface area contributed by atoms with Crippen molar-refractivity contribution in [3.05, 3.63) is 0 Å². The largest absolute Gasteiger partial charge is 0.396 e. The van der Waals surface area contributed by atoms with E-state index in [4.69, 9.17) is 9.66 Å². The Morgan fingerprint density at radius 2 is 1.69 bits per heavy atom.